The van der Waals surface area contributed by atoms with E-state index in [0.29, 0.717) is 5.69 Å². The smallest absolute Gasteiger partial charge is 0.328 e. The molecule has 0 atom stereocenters. The van der Waals surface area contributed by atoms with Crippen molar-refractivity contribution in [2.75, 3.05) is 0 Å². The van der Waals surface area contributed by atoms with Crippen LogP contribution in [-0.2, 0) is 0 Å². The Morgan fingerprint density at radius 2 is 1.94 bits per heavy atom. The van der Waals surface area contributed by atoms with Gasteiger partial charge in [-0.15, -0.1) is 4.74 Å². The summed E-state index contributed by atoms with van der Waals surface area (Å²) in [6, 6.07) is 6.21. The van der Waals surface area contributed by atoms with Crippen molar-refractivity contribution < 1.29 is 13.7 Å². The van der Waals surface area contributed by atoms with E-state index < -0.39 is 17.3 Å². The molecule has 16 heavy (non-hydrogen) atoms. The van der Waals surface area contributed by atoms with Gasteiger partial charge in [-0.25, -0.2) is 9.18 Å². The van der Waals surface area contributed by atoms with Crippen LogP contribution in [0, 0.1) is 12.7 Å². The molecular formula is C11H8FNO3. The van der Waals surface area contributed by atoms with Crippen molar-refractivity contribution in [3.8, 4) is 0 Å². The fourth-order valence-corrected chi connectivity index (χ4v) is 1.33. The average molecular weight is 221 g/mol. The monoisotopic (exact) mass is 221 g/mol. The lowest BCUT2D eigenvalue weighted by Gasteiger charge is -2.01. The van der Waals surface area contributed by atoms with Crippen LogP contribution in [0.2, 0.25) is 0 Å². The van der Waals surface area contributed by atoms with Gasteiger partial charge in [-0.1, -0.05) is 0 Å². The number of hydrogen-bond donors (Lipinski definition) is 0. The van der Waals surface area contributed by atoms with Crippen LogP contribution >= 0.6 is 0 Å². The minimum absolute atomic E-state index is 0.254. The summed E-state index contributed by atoms with van der Waals surface area (Å²) in [5.41, 5.74) is 0.0659. The molecule has 0 saturated heterocycles. The average Bonchev–Trinajstić information content (AvgIpc) is 2.58. The third kappa shape index (κ3) is 1.79. The van der Waals surface area contributed by atoms with Crippen molar-refractivity contribution in [1.82, 2.24) is 4.74 Å². The molecule has 5 heteroatoms. The van der Waals surface area contributed by atoms with Gasteiger partial charge in [-0.05, 0) is 31.2 Å². The Kier molecular flexibility index (Phi) is 2.44. The summed E-state index contributed by atoms with van der Waals surface area (Å²) < 4.78 is 18.2. The van der Waals surface area contributed by atoms with Crippen molar-refractivity contribution in [3.63, 3.8) is 0 Å². The van der Waals surface area contributed by atoms with Gasteiger partial charge in [0.15, 0.2) is 0 Å². The molecule has 0 unspecified atom stereocenters. The maximum atomic E-state index is 12.6. The van der Waals surface area contributed by atoms with Crippen LogP contribution in [0.1, 0.15) is 16.1 Å². The molecule has 2 aromatic rings. The number of benzene rings is 1. The summed E-state index contributed by atoms with van der Waals surface area (Å²) in [5.74, 6) is -0.929. The molecule has 1 aromatic carbocycles. The second-order valence-corrected chi connectivity index (χ2v) is 3.30. The predicted octanol–water partition coefficient (Wildman–Crippen LogP) is 1.58. The first-order valence-corrected chi connectivity index (χ1v) is 4.58. The summed E-state index contributed by atoms with van der Waals surface area (Å²) in [7, 11) is 0. The van der Waals surface area contributed by atoms with Crippen molar-refractivity contribution in [3.05, 3.63) is 57.8 Å². The molecule has 0 aliphatic rings. The van der Waals surface area contributed by atoms with Crippen molar-refractivity contribution in [2.24, 2.45) is 0 Å². The van der Waals surface area contributed by atoms with E-state index in [4.69, 9.17) is 0 Å². The minimum atomic E-state index is -0.590. The zero-order valence-electron chi connectivity index (χ0n) is 8.44. The van der Waals surface area contributed by atoms with E-state index in [1.807, 2.05) is 0 Å². The number of aryl methyl sites for hydroxylation is 1. The Labute approximate surface area is 89.9 Å². The van der Waals surface area contributed by atoms with Crippen LogP contribution in [0.25, 0.3) is 0 Å². The van der Waals surface area contributed by atoms with Gasteiger partial charge in [-0.3, -0.25) is 4.79 Å². The van der Waals surface area contributed by atoms with Crippen LogP contribution in [0.4, 0.5) is 4.39 Å². The van der Waals surface area contributed by atoms with Crippen molar-refractivity contribution >= 4 is 5.91 Å². The molecule has 0 fully saturated rings. The third-order valence-electron chi connectivity index (χ3n) is 2.10. The summed E-state index contributed by atoms with van der Waals surface area (Å²) in [5, 5.41) is 0. The highest BCUT2D eigenvalue weighted by Crippen LogP contribution is 2.06. The normalized spacial score (nSPS) is 10.4. The van der Waals surface area contributed by atoms with Crippen molar-refractivity contribution in [2.45, 2.75) is 6.92 Å². The van der Waals surface area contributed by atoms with E-state index in [2.05, 4.69) is 4.52 Å². The lowest BCUT2D eigenvalue weighted by Crippen LogP contribution is -2.12. The molecule has 0 radical (unpaired) electrons. The van der Waals surface area contributed by atoms with Gasteiger partial charge in [0.25, 0.3) is 5.91 Å². The second kappa shape index (κ2) is 3.77. The van der Waals surface area contributed by atoms with E-state index in [0.717, 1.165) is 4.74 Å². The molecule has 1 aromatic heterocycles. The molecule has 0 bridgehead atoms. The Bertz CT molecular complexity index is 580. The van der Waals surface area contributed by atoms with Crippen LogP contribution in [-0.4, -0.2) is 10.6 Å². The topological polar surface area (TPSA) is 52.2 Å². The van der Waals surface area contributed by atoms with Gasteiger partial charge >= 0.3 is 5.63 Å². The Balaban J connectivity index is 2.43. The molecule has 1 heterocycles. The largest absolute Gasteiger partial charge is 0.358 e. The first-order chi connectivity index (χ1) is 7.58. The number of carbonyl (C=O) groups excluding carboxylic acids is 1. The lowest BCUT2D eigenvalue weighted by molar-refractivity contribution is 0.0833. The van der Waals surface area contributed by atoms with E-state index in [9.17, 15) is 14.0 Å². The van der Waals surface area contributed by atoms with Gasteiger partial charge < -0.3 is 4.52 Å². The third-order valence-corrected chi connectivity index (χ3v) is 2.10. The number of rotatable bonds is 1. The number of carbonyl (C=O) groups is 1. The molecule has 2 rings (SSSR count). The van der Waals surface area contributed by atoms with Gasteiger partial charge in [0.1, 0.15) is 5.82 Å². The van der Waals surface area contributed by atoms with Crippen LogP contribution in [0.3, 0.4) is 0 Å². The van der Waals surface area contributed by atoms with Gasteiger partial charge in [0.05, 0.1) is 5.69 Å². The number of halogens is 1. The minimum Gasteiger partial charge on any atom is -0.328 e. The molecule has 0 spiro atoms. The van der Waals surface area contributed by atoms with E-state index in [1.165, 1.54) is 30.3 Å². The first kappa shape index (κ1) is 10.4. The van der Waals surface area contributed by atoms with Gasteiger partial charge in [0, 0.05) is 11.6 Å². The molecule has 0 saturated carbocycles. The first-order valence-electron chi connectivity index (χ1n) is 4.58. The number of hydrogen-bond acceptors (Lipinski definition) is 3. The molecular weight excluding hydrogens is 213 g/mol. The maximum absolute atomic E-state index is 12.6. The molecule has 82 valence electrons. The molecule has 0 aliphatic carbocycles. The summed E-state index contributed by atoms with van der Waals surface area (Å²) in [6.45, 7) is 1.58. The van der Waals surface area contributed by atoms with Gasteiger partial charge in [-0.2, -0.15) is 0 Å². The Hall–Kier alpha value is -2.17. The zero-order chi connectivity index (χ0) is 11.7. The van der Waals surface area contributed by atoms with Crippen molar-refractivity contribution in [1.29, 1.82) is 0 Å². The van der Waals surface area contributed by atoms with Crippen LogP contribution in [0.15, 0.2) is 39.6 Å². The summed E-state index contributed by atoms with van der Waals surface area (Å²) in [6.07, 6.45) is 0. The van der Waals surface area contributed by atoms with E-state index in [1.54, 1.807) is 6.92 Å². The van der Waals surface area contributed by atoms with Crippen LogP contribution in [0.5, 0.6) is 0 Å². The fraction of sp³-hybridized carbons (Fsp3) is 0.0909. The van der Waals surface area contributed by atoms with E-state index in [-0.39, 0.29) is 5.56 Å². The zero-order valence-corrected chi connectivity index (χ0v) is 8.44. The lowest BCUT2D eigenvalue weighted by atomic mass is 10.2. The maximum Gasteiger partial charge on any atom is 0.358 e. The SMILES string of the molecule is Cc1cc(=O)on1C(=O)c1ccc(F)cc1. The predicted molar refractivity (Wildman–Crippen MR) is 53.8 cm³/mol. The highest BCUT2D eigenvalue weighted by Gasteiger charge is 2.13. The van der Waals surface area contributed by atoms with E-state index >= 15 is 0 Å². The molecule has 4 nitrogen and oxygen atoms in total. The fourth-order valence-electron chi connectivity index (χ4n) is 1.33. The number of aromatic nitrogens is 1. The van der Waals surface area contributed by atoms with Crippen LogP contribution < -0.4 is 5.63 Å². The Morgan fingerprint density at radius 3 is 2.44 bits per heavy atom. The highest BCUT2D eigenvalue weighted by atomic mass is 19.1. The Morgan fingerprint density at radius 1 is 1.31 bits per heavy atom. The quantitative estimate of drug-likeness (QED) is 0.734. The standard InChI is InChI=1S/C11H8FNO3/c1-7-6-10(14)16-13(7)11(15)8-2-4-9(12)5-3-8/h2-6H,1H3. The molecule has 0 N–H and O–H groups in total. The number of nitrogens with zero attached hydrogens (tertiary/aromatic N) is 1. The highest BCUT2D eigenvalue weighted by molar-refractivity contribution is 5.95. The van der Waals surface area contributed by atoms with Gasteiger partial charge in [0.2, 0.25) is 0 Å². The molecule has 0 aliphatic heterocycles. The summed E-state index contributed by atoms with van der Waals surface area (Å²) >= 11 is 0. The second-order valence-electron chi connectivity index (χ2n) is 3.30. The molecule has 0 amide bonds. The summed E-state index contributed by atoms with van der Waals surface area (Å²) in [4.78, 5) is 22.7.